The summed E-state index contributed by atoms with van der Waals surface area (Å²) in [5.74, 6) is 0. The highest BCUT2D eigenvalue weighted by molar-refractivity contribution is 4.56. The lowest BCUT2D eigenvalue weighted by Crippen LogP contribution is -2.16. The number of hydrogen-bond acceptors (Lipinski definition) is 5. The summed E-state index contributed by atoms with van der Waals surface area (Å²) in [6.45, 7) is 10.6. The van der Waals surface area contributed by atoms with Gasteiger partial charge in [-0.2, -0.15) is 0 Å². The fourth-order valence-electron chi connectivity index (χ4n) is 1.97. The van der Waals surface area contributed by atoms with Gasteiger partial charge in [-0.25, -0.2) is 0 Å². The quantitative estimate of drug-likeness (QED) is 0.450. The van der Waals surface area contributed by atoms with Gasteiger partial charge in [0, 0.05) is 0 Å². The van der Waals surface area contributed by atoms with Crippen LogP contribution in [0.2, 0.25) is 0 Å². The minimum atomic E-state index is 0.0417. The van der Waals surface area contributed by atoms with Gasteiger partial charge in [-0.05, 0) is 26.7 Å². The molecule has 0 bridgehead atoms. The first-order valence-electron chi connectivity index (χ1n) is 9.14. The first kappa shape index (κ1) is 25.0. The molecule has 0 rings (SSSR count). The van der Waals surface area contributed by atoms with Gasteiger partial charge in [0.2, 0.25) is 0 Å². The van der Waals surface area contributed by atoms with E-state index in [0.29, 0.717) is 38.6 Å². The van der Waals surface area contributed by atoms with E-state index in [4.69, 9.17) is 24.4 Å². The highest BCUT2D eigenvalue weighted by atomic mass is 16.5. The summed E-state index contributed by atoms with van der Waals surface area (Å²) >= 11 is 0. The van der Waals surface area contributed by atoms with Gasteiger partial charge in [0.1, 0.15) is 0 Å². The zero-order valence-corrected chi connectivity index (χ0v) is 15.8. The van der Waals surface area contributed by atoms with Crippen molar-refractivity contribution < 1.29 is 24.4 Å². The van der Waals surface area contributed by atoms with Crippen LogP contribution in [0.25, 0.3) is 0 Å². The third-order valence-electron chi connectivity index (χ3n) is 3.24. The maximum absolute atomic E-state index is 8.26. The van der Waals surface area contributed by atoms with Gasteiger partial charge in [0.15, 0.2) is 0 Å². The van der Waals surface area contributed by atoms with Crippen LogP contribution in [0.15, 0.2) is 0 Å². The molecule has 0 aromatic heterocycles. The van der Waals surface area contributed by atoms with Gasteiger partial charge in [-0.3, -0.25) is 0 Å². The average Bonchev–Trinajstić information content (AvgIpc) is 2.55. The van der Waals surface area contributed by atoms with Crippen LogP contribution in [0.1, 0.15) is 66.2 Å². The van der Waals surface area contributed by atoms with Crippen LogP contribution in [0, 0.1) is 0 Å². The Balaban J connectivity index is 0. The second-order valence-corrected chi connectivity index (χ2v) is 5.71. The largest absolute Gasteiger partial charge is 0.394 e. The Labute approximate surface area is 143 Å². The van der Waals surface area contributed by atoms with Crippen molar-refractivity contribution in [2.24, 2.45) is 0 Å². The van der Waals surface area contributed by atoms with Crippen molar-refractivity contribution in [3.8, 4) is 0 Å². The highest BCUT2D eigenvalue weighted by Crippen LogP contribution is 2.10. The topological polar surface area (TPSA) is 68.2 Å². The molecule has 0 aliphatic rings. The molecule has 5 nitrogen and oxygen atoms in total. The van der Waals surface area contributed by atoms with Crippen molar-refractivity contribution in [1.82, 2.24) is 0 Å². The number of unbranched alkanes of at least 4 members (excludes halogenated alkanes) is 2. The fourth-order valence-corrected chi connectivity index (χ4v) is 1.97. The summed E-state index contributed by atoms with van der Waals surface area (Å²) in [6, 6.07) is 0. The van der Waals surface area contributed by atoms with Gasteiger partial charge >= 0.3 is 0 Å². The maximum Gasteiger partial charge on any atom is 0.0701 e. The van der Waals surface area contributed by atoms with Crippen LogP contribution in [0.4, 0.5) is 0 Å². The van der Waals surface area contributed by atoms with Crippen LogP contribution in [0.5, 0.6) is 0 Å². The molecule has 0 radical (unpaired) electrons. The first-order valence-corrected chi connectivity index (χ1v) is 9.14. The molecule has 2 N–H and O–H groups in total. The van der Waals surface area contributed by atoms with E-state index >= 15 is 0 Å². The number of rotatable bonds is 15. The molecule has 0 fully saturated rings. The number of aliphatic hydroxyl groups is 2. The zero-order chi connectivity index (χ0) is 17.8. The zero-order valence-electron chi connectivity index (χ0n) is 15.8. The van der Waals surface area contributed by atoms with E-state index in [2.05, 4.69) is 27.7 Å². The predicted octanol–water partition coefficient (Wildman–Crippen LogP) is 3.16. The van der Waals surface area contributed by atoms with Gasteiger partial charge in [-0.15, -0.1) is 0 Å². The van der Waals surface area contributed by atoms with E-state index in [1.54, 1.807) is 0 Å². The van der Waals surface area contributed by atoms with Crippen LogP contribution in [0.3, 0.4) is 0 Å². The third kappa shape index (κ3) is 24.2. The normalized spacial score (nSPS) is 13.3. The molecule has 0 heterocycles. The van der Waals surface area contributed by atoms with Crippen LogP contribution in [-0.4, -0.2) is 62.1 Å². The van der Waals surface area contributed by atoms with Crippen LogP contribution >= 0.6 is 0 Å². The monoisotopic (exact) mass is 336 g/mol. The maximum atomic E-state index is 8.26. The highest BCUT2D eigenvalue weighted by Gasteiger charge is 2.07. The van der Waals surface area contributed by atoms with Gasteiger partial charge in [0.25, 0.3) is 0 Å². The van der Waals surface area contributed by atoms with E-state index in [-0.39, 0.29) is 13.2 Å². The molecule has 2 unspecified atom stereocenters. The predicted molar refractivity (Wildman–Crippen MR) is 94.9 cm³/mol. The van der Waals surface area contributed by atoms with Crippen molar-refractivity contribution in [3.63, 3.8) is 0 Å². The summed E-state index contributed by atoms with van der Waals surface area (Å²) in [5.41, 5.74) is 0. The Kier molecular flexibility index (Phi) is 23.7. The number of aliphatic hydroxyl groups excluding tert-OH is 2. The molecule has 0 spiro atoms. The summed E-state index contributed by atoms with van der Waals surface area (Å²) in [6.07, 6.45) is 8.47. The smallest absolute Gasteiger partial charge is 0.0701 e. The molecule has 0 aliphatic carbocycles. The molecule has 5 heteroatoms. The fraction of sp³-hybridized carbons (Fsp3) is 1.00. The Bertz CT molecular complexity index is 182. The Morgan fingerprint density at radius 3 is 1.39 bits per heavy atom. The molecular weight excluding hydrogens is 296 g/mol. The SMILES string of the molecule is CCCCC(C)OC(C)CCCC.OCCOCCOCCO. The Hall–Kier alpha value is -0.200. The molecule has 2 atom stereocenters. The molecule has 0 saturated heterocycles. The molecule has 23 heavy (non-hydrogen) atoms. The first-order chi connectivity index (χ1) is 11.1. The lowest BCUT2D eigenvalue weighted by Gasteiger charge is -2.18. The van der Waals surface area contributed by atoms with E-state index in [9.17, 15) is 0 Å². The van der Waals surface area contributed by atoms with Crippen molar-refractivity contribution in [3.05, 3.63) is 0 Å². The van der Waals surface area contributed by atoms with E-state index in [1.165, 1.54) is 38.5 Å². The molecule has 0 saturated carbocycles. The molecule has 0 aromatic rings. The second-order valence-electron chi connectivity index (χ2n) is 5.71. The van der Waals surface area contributed by atoms with Crippen molar-refractivity contribution in [2.45, 2.75) is 78.4 Å². The van der Waals surface area contributed by atoms with Crippen LogP contribution in [-0.2, 0) is 14.2 Å². The average molecular weight is 337 g/mol. The minimum Gasteiger partial charge on any atom is -0.394 e. The molecular formula is C18H40O5. The summed E-state index contributed by atoms with van der Waals surface area (Å²) in [5, 5.41) is 16.5. The van der Waals surface area contributed by atoms with Crippen molar-refractivity contribution >= 4 is 0 Å². The van der Waals surface area contributed by atoms with Crippen LogP contribution < -0.4 is 0 Å². The minimum absolute atomic E-state index is 0.0417. The third-order valence-corrected chi connectivity index (χ3v) is 3.24. The molecule has 0 aliphatic heterocycles. The van der Waals surface area contributed by atoms with Gasteiger partial charge in [-0.1, -0.05) is 39.5 Å². The standard InChI is InChI=1S/C12H26O.C6H14O4/c1-5-7-9-11(3)13-12(4)10-8-6-2;7-1-3-9-5-6-10-4-2-8/h11-12H,5-10H2,1-4H3;7-8H,1-6H2. The Morgan fingerprint density at radius 2 is 1.09 bits per heavy atom. The number of hydrogen-bond donors (Lipinski definition) is 2. The lowest BCUT2D eigenvalue weighted by molar-refractivity contribution is -0.00188. The van der Waals surface area contributed by atoms with Gasteiger partial charge < -0.3 is 24.4 Å². The van der Waals surface area contributed by atoms with E-state index in [0.717, 1.165) is 0 Å². The Morgan fingerprint density at radius 1 is 0.696 bits per heavy atom. The lowest BCUT2D eigenvalue weighted by atomic mass is 10.1. The molecule has 142 valence electrons. The molecule has 0 amide bonds. The summed E-state index contributed by atoms with van der Waals surface area (Å²) < 4.78 is 15.6. The van der Waals surface area contributed by atoms with Crippen molar-refractivity contribution in [1.29, 1.82) is 0 Å². The second kappa shape index (κ2) is 21.8. The number of ether oxygens (including phenoxy) is 3. The summed E-state index contributed by atoms with van der Waals surface area (Å²) in [4.78, 5) is 0. The van der Waals surface area contributed by atoms with Gasteiger partial charge in [0.05, 0.1) is 51.8 Å². The molecule has 0 aromatic carbocycles. The summed E-state index contributed by atoms with van der Waals surface area (Å²) in [7, 11) is 0. The van der Waals surface area contributed by atoms with Crippen molar-refractivity contribution in [2.75, 3.05) is 39.6 Å². The van der Waals surface area contributed by atoms with E-state index < -0.39 is 0 Å². The van der Waals surface area contributed by atoms with E-state index in [1.807, 2.05) is 0 Å².